The Morgan fingerprint density at radius 1 is 1.16 bits per heavy atom. The number of hydrogen-bond acceptors (Lipinski definition) is 2. The van der Waals surface area contributed by atoms with Gasteiger partial charge in [-0.05, 0) is 43.4 Å². The van der Waals surface area contributed by atoms with Gasteiger partial charge in [0.2, 0.25) is 0 Å². The molecule has 1 N–H and O–H groups in total. The van der Waals surface area contributed by atoms with Gasteiger partial charge in [0.05, 0.1) is 0 Å². The van der Waals surface area contributed by atoms with Gasteiger partial charge in [-0.1, -0.05) is 44.0 Å². The van der Waals surface area contributed by atoms with E-state index in [2.05, 4.69) is 48.3 Å². The summed E-state index contributed by atoms with van der Waals surface area (Å²) in [6.45, 7) is 3.30. The molecule has 2 aliphatic carbocycles. The van der Waals surface area contributed by atoms with Crippen molar-refractivity contribution in [2.24, 2.45) is 0 Å². The standard InChI is InChI=1S/C17H25NS/c1-2-18-17-15-10-6-3-7-13(15)11-12-16(17)19-14-8-4-5-9-14/h3,6-7,10,14,16-18H,2,4-5,8-9,11-12H2,1H3. The summed E-state index contributed by atoms with van der Waals surface area (Å²) in [5.74, 6) is 0. The third-order valence-electron chi connectivity index (χ3n) is 4.55. The first-order valence-corrected chi connectivity index (χ1v) is 8.79. The van der Waals surface area contributed by atoms with E-state index >= 15 is 0 Å². The molecule has 2 atom stereocenters. The second kappa shape index (κ2) is 6.32. The van der Waals surface area contributed by atoms with E-state index in [-0.39, 0.29) is 0 Å². The van der Waals surface area contributed by atoms with Crippen LogP contribution in [0.4, 0.5) is 0 Å². The summed E-state index contributed by atoms with van der Waals surface area (Å²) in [7, 11) is 0. The Balaban J connectivity index is 1.77. The minimum Gasteiger partial charge on any atom is -0.309 e. The van der Waals surface area contributed by atoms with Gasteiger partial charge in [0.1, 0.15) is 0 Å². The van der Waals surface area contributed by atoms with E-state index in [0.717, 1.165) is 17.0 Å². The van der Waals surface area contributed by atoms with E-state index < -0.39 is 0 Å². The average Bonchev–Trinajstić information content (AvgIpc) is 2.94. The van der Waals surface area contributed by atoms with E-state index in [1.807, 2.05) is 0 Å². The summed E-state index contributed by atoms with van der Waals surface area (Å²) in [4.78, 5) is 0. The molecule has 0 bridgehead atoms. The first-order chi connectivity index (χ1) is 9.38. The van der Waals surface area contributed by atoms with Crippen molar-refractivity contribution in [3.05, 3.63) is 35.4 Å². The van der Waals surface area contributed by atoms with Crippen molar-refractivity contribution in [3.8, 4) is 0 Å². The summed E-state index contributed by atoms with van der Waals surface area (Å²) in [6.07, 6.45) is 8.40. The molecule has 0 saturated heterocycles. The van der Waals surface area contributed by atoms with Crippen LogP contribution >= 0.6 is 11.8 Å². The molecule has 0 spiro atoms. The number of thioether (sulfide) groups is 1. The number of rotatable bonds is 4. The molecule has 1 nitrogen and oxygen atoms in total. The normalized spacial score (nSPS) is 27.4. The highest BCUT2D eigenvalue weighted by molar-refractivity contribution is 8.00. The Labute approximate surface area is 121 Å². The van der Waals surface area contributed by atoms with Gasteiger partial charge in [-0.15, -0.1) is 0 Å². The van der Waals surface area contributed by atoms with Gasteiger partial charge in [0.25, 0.3) is 0 Å². The molecule has 0 amide bonds. The molecule has 3 rings (SSSR count). The molecule has 104 valence electrons. The van der Waals surface area contributed by atoms with Crippen LogP contribution < -0.4 is 5.32 Å². The third kappa shape index (κ3) is 3.00. The molecule has 1 aromatic rings. The number of hydrogen-bond donors (Lipinski definition) is 1. The topological polar surface area (TPSA) is 12.0 Å². The first-order valence-electron chi connectivity index (χ1n) is 7.85. The number of benzene rings is 1. The Morgan fingerprint density at radius 2 is 1.95 bits per heavy atom. The van der Waals surface area contributed by atoms with E-state index in [0.29, 0.717) is 6.04 Å². The summed E-state index contributed by atoms with van der Waals surface area (Å²) in [5.41, 5.74) is 3.13. The maximum absolute atomic E-state index is 3.74. The molecule has 1 fully saturated rings. The van der Waals surface area contributed by atoms with Gasteiger partial charge in [-0.25, -0.2) is 0 Å². The molecule has 1 aromatic carbocycles. The molecule has 2 aliphatic rings. The predicted octanol–water partition coefficient (Wildman–Crippen LogP) is 4.33. The van der Waals surface area contributed by atoms with Gasteiger partial charge in [-0.2, -0.15) is 11.8 Å². The lowest BCUT2D eigenvalue weighted by Gasteiger charge is -2.35. The van der Waals surface area contributed by atoms with Crippen molar-refractivity contribution in [1.29, 1.82) is 0 Å². The zero-order valence-electron chi connectivity index (χ0n) is 11.9. The van der Waals surface area contributed by atoms with Gasteiger partial charge < -0.3 is 5.32 Å². The lowest BCUT2D eigenvalue weighted by atomic mass is 9.87. The summed E-state index contributed by atoms with van der Waals surface area (Å²) in [5, 5.41) is 5.45. The van der Waals surface area contributed by atoms with E-state index in [4.69, 9.17) is 0 Å². The molecule has 0 aromatic heterocycles. The minimum atomic E-state index is 0.570. The molecule has 0 heterocycles. The minimum absolute atomic E-state index is 0.570. The third-order valence-corrected chi connectivity index (χ3v) is 6.27. The van der Waals surface area contributed by atoms with Crippen molar-refractivity contribution in [2.75, 3.05) is 6.54 Å². The molecule has 2 unspecified atom stereocenters. The molecular weight excluding hydrogens is 250 g/mol. The summed E-state index contributed by atoms with van der Waals surface area (Å²) < 4.78 is 0. The number of nitrogens with one attached hydrogen (secondary N) is 1. The lowest BCUT2D eigenvalue weighted by molar-refractivity contribution is 0.483. The Morgan fingerprint density at radius 3 is 2.74 bits per heavy atom. The Kier molecular flexibility index (Phi) is 4.49. The van der Waals surface area contributed by atoms with E-state index in [1.165, 1.54) is 38.5 Å². The molecule has 1 saturated carbocycles. The largest absolute Gasteiger partial charge is 0.309 e. The van der Waals surface area contributed by atoms with Crippen molar-refractivity contribution in [3.63, 3.8) is 0 Å². The number of aryl methyl sites for hydroxylation is 1. The highest BCUT2D eigenvalue weighted by atomic mass is 32.2. The van der Waals surface area contributed by atoms with Gasteiger partial charge in [0.15, 0.2) is 0 Å². The summed E-state index contributed by atoms with van der Waals surface area (Å²) in [6, 6.07) is 9.61. The fourth-order valence-electron chi connectivity index (χ4n) is 3.61. The molecule has 19 heavy (non-hydrogen) atoms. The van der Waals surface area contributed by atoms with Crippen LogP contribution in [0.2, 0.25) is 0 Å². The molecule has 0 aliphatic heterocycles. The zero-order valence-corrected chi connectivity index (χ0v) is 12.7. The maximum Gasteiger partial charge on any atom is 0.0443 e. The lowest BCUT2D eigenvalue weighted by Crippen LogP contribution is -2.35. The fraction of sp³-hybridized carbons (Fsp3) is 0.647. The predicted molar refractivity (Wildman–Crippen MR) is 84.8 cm³/mol. The maximum atomic E-state index is 3.74. The second-order valence-corrected chi connectivity index (χ2v) is 7.40. The van der Waals surface area contributed by atoms with Crippen molar-refractivity contribution < 1.29 is 0 Å². The first kappa shape index (κ1) is 13.5. The van der Waals surface area contributed by atoms with Crippen LogP contribution in [0.5, 0.6) is 0 Å². The van der Waals surface area contributed by atoms with Crippen LogP contribution in [0.1, 0.15) is 56.2 Å². The van der Waals surface area contributed by atoms with E-state index in [9.17, 15) is 0 Å². The molecule has 2 heteroatoms. The van der Waals surface area contributed by atoms with Gasteiger partial charge in [-0.3, -0.25) is 0 Å². The smallest absolute Gasteiger partial charge is 0.0443 e. The molecular formula is C17H25NS. The SMILES string of the molecule is CCNC1c2ccccc2CCC1SC1CCCC1. The van der Waals surface area contributed by atoms with Crippen LogP contribution in [0.25, 0.3) is 0 Å². The Hall–Kier alpha value is -0.470. The quantitative estimate of drug-likeness (QED) is 0.878. The van der Waals surface area contributed by atoms with Gasteiger partial charge in [0, 0.05) is 16.5 Å². The van der Waals surface area contributed by atoms with Crippen LogP contribution in [-0.2, 0) is 6.42 Å². The monoisotopic (exact) mass is 275 g/mol. The van der Waals surface area contributed by atoms with Crippen LogP contribution in [-0.4, -0.2) is 17.0 Å². The van der Waals surface area contributed by atoms with Gasteiger partial charge >= 0.3 is 0 Å². The highest BCUT2D eigenvalue weighted by Gasteiger charge is 2.31. The van der Waals surface area contributed by atoms with Crippen molar-refractivity contribution >= 4 is 11.8 Å². The fourth-order valence-corrected chi connectivity index (χ4v) is 5.36. The van der Waals surface area contributed by atoms with Crippen LogP contribution in [0, 0.1) is 0 Å². The van der Waals surface area contributed by atoms with Crippen LogP contribution in [0.15, 0.2) is 24.3 Å². The highest BCUT2D eigenvalue weighted by Crippen LogP contribution is 2.42. The second-order valence-electron chi connectivity index (χ2n) is 5.85. The van der Waals surface area contributed by atoms with Crippen LogP contribution in [0.3, 0.4) is 0 Å². The van der Waals surface area contributed by atoms with E-state index in [1.54, 1.807) is 11.1 Å². The molecule has 0 radical (unpaired) electrons. The number of fused-ring (bicyclic) bond motifs is 1. The Bertz CT molecular complexity index is 411. The van der Waals surface area contributed by atoms with Crippen molar-refractivity contribution in [2.45, 2.75) is 62.0 Å². The zero-order chi connectivity index (χ0) is 13.1. The summed E-state index contributed by atoms with van der Waals surface area (Å²) >= 11 is 2.28. The average molecular weight is 275 g/mol. The van der Waals surface area contributed by atoms with Crippen molar-refractivity contribution in [1.82, 2.24) is 5.32 Å².